The van der Waals surface area contributed by atoms with E-state index < -0.39 is 0 Å². The van der Waals surface area contributed by atoms with E-state index >= 15 is 0 Å². The third kappa shape index (κ3) is 5.29. The molecule has 1 aliphatic heterocycles. The molecule has 0 amide bonds. The number of nitrogens with zero attached hydrogens (tertiary/aromatic N) is 3. The molecule has 1 unspecified atom stereocenters. The molecular weight excluding hydrogens is 418 g/mol. The standard InChI is InChI=1S/C22H24ClN5OS/c1-15-6-5-11-28(14-15)20-12-19(23)25-21(26-20)27-22(30)24-13-17-9-10-18(29-17)16-7-3-2-4-8-16/h2-4,7-10,12,15H,5-6,11,13-14H2,1H3,(H2,24,25,26,27,30). The van der Waals surface area contributed by atoms with Gasteiger partial charge in [0, 0.05) is 24.7 Å². The minimum absolute atomic E-state index is 0.387. The summed E-state index contributed by atoms with van der Waals surface area (Å²) < 4.78 is 5.89. The van der Waals surface area contributed by atoms with E-state index in [9.17, 15) is 0 Å². The van der Waals surface area contributed by atoms with E-state index in [4.69, 9.17) is 28.2 Å². The fraction of sp³-hybridized carbons (Fsp3) is 0.318. The Labute approximate surface area is 186 Å². The number of hydrogen-bond donors (Lipinski definition) is 2. The highest BCUT2D eigenvalue weighted by Gasteiger charge is 2.19. The summed E-state index contributed by atoms with van der Waals surface area (Å²) in [4.78, 5) is 11.1. The number of halogens is 1. The highest BCUT2D eigenvalue weighted by molar-refractivity contribution is 7.80. The highest BCUT2D eigenvalue weighted by Crippen LogP contribution is 2.24. The molecular formula is C22H24ClN5OS. The zero-order chi connectivity index (χ0) is 20.9. The van der Waals surface area contributed by atoms with Gasteiger partial charge in [0.1, 0.15) is 22.5 Å². The number of hydrogen-bond acceptors (Lipinski definition) is 5. The smallest absolute Gasteiger partial charge is 0.232 e. The lowest BCUT2D eigenvalue weighted by molar-refractivity contribution is 0.444. The van der Waals surface area contributed by atoms with Crippen molar-refractivity contribution in [1.82, 2.24) is 15.3 Å². The summed E-state index contributed by atoms with van der Waals surface area (Å²) in [6, 6.07) is 15.7. The van der Waals surface area contributed by atoms with Crippen LogP contribution in [0.5, 0.6) is 0 Å². The molecule has 1 aliphatic rings. The number of furan rings is 1. The Morgan fingerprint density at radius 3 is 2.87 bits per heavy atom. The maximum atomic E-state index is 6.23. The minimum Gasteiger partial charge on any atom is -0.459 e. The maximum Gasteiger partial charge on any atom is 0.232 e. The molecule has 4 rings (SSSR count). The lowest BCUT2D eigenvalue weighted by Gasteiger charge is -2.32. The first-order valence-corrected chi connectivity index (χ1v) is 10.8. The van der Waals surface area contributed by atoms with Crippen molar-refractivity contribution in [2.45, 2.75) is 26.3 Å². The second-order valence-corrected chi connectivity index (χ2v) is 8.30. The average Bonchev–Trinajstić information content (AvgIpc) is 3.22. The van der Waals surface area contributed by atoms with Gasteiger partial charge in [0.15, 0.2) is 5.11 Å². The predicted octanol–water partition coefficient (Wildman–Crippen LogP) is 5.11. The Morgan fingerprint density at radius 2 is 2.07 bits per heavy atom. The van der Waals surface area contributed by atoms with Crippen molar-refractivity contribution in [3.63, 3.8) is 0 Å². The highest BCUT2D eigenvalue weighted by atomic mass is 35.5. The third-order valence-corrected chi connectivity index (χ3v) is 5.47. The number of anilines is 2. The topological polar surface area (TPSA) is 66.2 Å². The van der Waals surface area contributed by atoms with Crippen LogP contribution in [-0.4, -0.2) is 28.2 Å². The molecule has 30 heavy (non-hydrogen) atoms. The van der Waals surface area contributed by atoms with E-state index in [1.807, 2.05) is 42.5 Å². The zero-order valence-electron chi connectivity index (χ0n) is 16.8. The second kappa shape index (κ2) is 9.45. The number of piperidine rings is 1. The van der Waals surface area contributed by atoms with Crippen LogP contribution in [0.15, 0.2) is 52.9 Å². The van der Waals surface area contributed by atoms with Crippen molar-refractivity contribution in [2.24, 2.45) is 5.92 Å². The Morgan fingerprint density at radius 1 is 1.23 bits per heavy atom. The number of thiocarbonyl (C=S) groups is 1. The molecule has 0 aliphatic carbocycles. The van der Waals surface area contributed by atoms with Crippen molar-refractivity contribution >= 4 is 40.7 Å². The average molecular weight is 442 g/mol. The molecule has 8 heteroatoms. The van der Waals surface area contributed by atoms with Crippen LogP contribution in [0.1, 0.15) is 25.5 Å². The van der Waals surface area contributed by atoms with E-state index in [0.717, 1.165) is 42.4 Å². The second-order valence-electron chi connectivity index (χ2n) is 7.51. The summed E-state index contributed by atoms with van der Waals surface area (Å²) in [6.07, 6.45) is 2.40. The van der Waals surface area contributed by atoms with Crippen molar-refractivity contribution < 1.29 is 4.42 Å². The van der Waals surface area contributed by atoms with E-state index in [0.29, 0.717) is 28.7 Å². The normalized spacial score (nSPS) is 16.3. The van der Waals surface area contributed by atoms with Gasteiger partial charge in [0.05, 0.1) is 6.54 Å². The number of rotatable bonds is 5. The summed E-state index contributed by atoms with van der Waals surface area (Å²) in [5.74, 6) is 3.46. The fourth-order valence-corrected chi connectivity index (χ4v) is 3.91. The van der Waals surface area contributed by atoms with Gasteiger partial charge in [0.25, 0.3) is 0 Å². The fourth-order valence-electron chi connectivity index (χ4n) is 3.56. The minimum atomic E-state index is 0.387. The van der Waals surface area contributed by atoms with Gasteiger partial charge in [-0.1, -0.05) is 48.9 Å². The molecule has 3 heterocycles. The van der Waals surface area contributed by atoms with E-state index in [1.54, 1.807) is 6.07 Å². The van der Waals surface area contributed by atoms with Crippen LogP contribution >= 0.6 is 23.8 Å². The molecule has 1 atom stereocenters. The molecule has 6 nitrogen and oxygen atoms in total. The molecule has 156 valence electrons. The van der Waals surface area contributed by atoms with Gasteiger partial charge >= 0.3 is 0 Å². The first kappa shape index (κ1) is 20.6. The summed E-state index contributed by atoms with van der Waals surface area (Å²) in [5.41, 5.74) is 1.04. The van der Waals surface area contributed by atoms with Crippen molar-refractivity contribution in [3.05, 3.63) is 59.4 Å². The lowest BCUT2D eigenvalue weighted by Crippen LogP contribution is -2.35. The van der Waals surface area contributed by atoms with Gasteiger partial charge in [0.2, 0.25) is 5.95 Å². The monoisotopic (exact) mass is 441 g/mol. The van der Waals surface area contributed by atoms with Gasteiger partial charge in [-0.3, -0.25) is 0 Å². The van der Waals surface area contributed by atoms with Crippen molar-refractivity contribution in [3.8, 4) is 11.3 Å². The van der Waals surface area contributed by atoms with E-state index in [-0.39, 0.29) is 0 Å². The molecule has 1 fully saturated rings. The van der Waals surface area contributed by atoms with Crippen LogP contribution in [0.2, 0.25) is 5.15 Å². The van der Waals surface area contributed by atoms with Crippen LogP contribution < -0.4 is 15.5 Å². The number of aromatic nitrogens is 2. The first-order valence-electron chi connectivity index (χ1n) is 10.1. The molecule has 1 saturated heterocycles. The molecule has 2 aromatic heterocycles. The van der Waals surface area contributed by atoms with Gasteiger partial charge < -0.3 is 20.0 Å². The summed E-state index contributed by atoms with van der Waals surface area (Å²) in [6.45, 7) is 4.65. The summed E-state index contributed by atoms with van der Waals surface area (Å²) in [7, 11) is 0. The molecule has 0 bridgehead atoms. The third-order valence-electron chi connectivity index (χ3n) is 5.03. The molecule has 0 radical (unpaired) electrons. The number of nitrogens with one attached hydrogen (secondary N) is 2. The molecule has 3 aromatic rings. The van der Waals surface area contributed by atoms with E-state index in [1.165, 1.54) is 6.42 Å². The first-order chi connectivity index (χ1) is 14.6. The molecule has 0 spiro atoms. The van der Waals surface area contributed by atoms with Crippen LogP contribution in [-0.2, 0) is 6.54 Å². The Kier molecular flexibility index (Phi) is 6.50. The van der Waals surface area contributed by atoms with Crippen LogP contribution in [0, 0.1) is 5.92 Å². The van der Waals surface area contributed by atoms with E-state index in [2.05, 4.69) is 32.4 Å². The molecule has 1 aromatic carbocycles. The van der Waals surface area contributed by atoms with Crippen LogP contribution in [0.25, 0.3) is 11.3 Å². The van der Waals surface area contributed by atoms with Gasteiger partial charge in [-0.05, 0) is 43.1 Å². The molecule has 2 N–H and O–H groups in total. The SMILES string of the molecule is CC1CCCN(c2cc(Cl)nc(NC(=S)NCc3ccc(-c4ccccc4)o3)n2)C1. The largest absolute Gasteiger partial charge is 0.459 e. The Bertz CT molecular complexity index is 1010. The van der Waals surface area contributed by atoms with Crippen molar-refractivity contribution in [2.75, 3.05) is 23.3 Å². The molecule has 0 saturated carbocycles. The van der Waals surface area contributed by atoms with Crippen molar-refractivity contribution in [1.29, 1.82) is 0 Å². The lowest BCUT2D eigenvalue weighted by atomic mass is 10.0. The van der Waals surface area contributed by atoms with Crippen LogP contribution in [0.4, 0.5) is 11.8 Å². The Balaban J connectivity index is 1.36. The van der Waals surface area contributed by atoms with Gasteiger partial charge in [-0.2, -0.15) is 4.98 Å². The van der Waals surface area contributed by atoms with Gasteiger partial charge in [-0.15, -0.1) is 0 Å². The quantitative estimate of drug-likeness (QED) is 0.421. The summed E-state index contributed by atoms with van der Waals surface area (Å²) in [5, 5.41) is 6.96. The maximum absolute atomic E-state index is 6.23. The summed E-state index contributed by atoms with van der Waals surface area (Å²) >= 11 is 11.6. The van der Waals surface area contributed by atoms with Crippen LogP contribution in [0.3, 0.4) is 0 Å². The number of benzene rings is 1. The predicted molar refractivity (Wildman–Crippen MR) is 125 cm³/mol. The van der Waals surface area contributed by atoms with Gasteiger partial charge in [-0.25, -0.2) is 4.98 Å². The zero-order valence-corrected chi connectivity index (χ0v) is 18.3. The Hall–Kier alpha value is -2.64.